The Hall–Kier alpha value is -3.81. The van der Waals surface area contributed by atoms with Crippen LogP contribution in [0.4, 0.5) is 23.4 Å². The van der Waals surface area contributed by atoms with E-state index in [1.165, 1.54) is 11.2 Å². The van der Waals surface area contributed by atoms with Crippen molar-refractivity contribution in [3.8, 4) is 11.3 Å². The molecule has 196 valence electrons. The molecule has 10 nitrogen and oxygen atoms in total. The molecule has 5 rings (SSSR count). The zero-order valence-corrected chi connectivity index (χ0v) is 19.8. The van der Waals surface area contributed by atoms with E-state index in [1.54, 1.807) is 16.8 Å². The van der Waals surface area contributed by atoms with Crippen LogP contribution in [-0.4, -0.2) is 89.9 Å². The van der Waals surface area contributed by atoms with Crippen molar-refractivity contribution in [2.45, 2.75) is 44.3 Å². The normalized spacial score (nSPS) is 21.9. The van der Waals surface area contributed by atoms with Gasteiger partial charge in [0.25, 0.3) is 11.8 Å². The Morgan fingerprint density at radius 3 is 2.65 bits per heavy atom. The Bertz CT molecular complexity index is 1420. The standard InChI is InChI=1S/C23H23F4N7O3/c1-11-5-16(34-18(11)19(28)30-10-31-34)12-6-13-15(29-7-12)3-4-33(20(13)35)17-9-32(8-14(17)24)21(36)22(2,37)23(25,26)27/h5-7,10,14,17,37H,3-4,8-9H2,1-2H3,(H2,28,30,31)/t14-,17+,22?/m0/s1. The van der Waals surface area contributed by atoms with E-state index >= 15 is 0 Å². The molecule has 3 aromatic rings. The average Bonchev–Trinajstić information content (AvgIpc) is 3.38. The minimum Gasteiger partial charge on any atom is -0.382 e. The van der Waals surface area contributed by atoms with Crippen LogP contribution in [0.15, 0.2) is 24.7 Å². The number of fused-ring (bicyclic) bond motifs is 2. The van der Waals surface area contributed by atoms with Gasteiger partial charge in [-0.3, -0.25) is 14.6 Å². The summed E-state index contributed by atoms with van der Waals surface area (Å²) in [4.78, 5) is 36.0. The fraction of sp³-hybridized carbons (Fsp3) is 0.435. The zero-order valence-electron chi connectivity index (χ0n) is 19.8. The van der Waals surface area contributed by atoms with Crippen LogP contribution in [0.3, 0.4) is 0 Å². The topological polar surface area (TPSA) is 130 Å². The number of halogens is 4. The second-order valence-corrected chi connectivity index (χ2v) is 9.45. The van der Waals surface area contributed by atoms with Crippen molar-refractivity contribution in [3.63, 3.8) is 0 Å². The molecular weight excluding hydrogens is 498 g/mol. The van der Waals surface area contributed by atoms with Crippen LogP contribution >= 0.6 is 0 Å². The number of aryl methyl sites for hydroxylation is 1. The fourth-order valence-corrected chi connectivity index (χ4v) is 4.91. The lowest BCUT2D eigenvalue weighted by atomic mass is 9.99. The van der Waals surface area contributed by atoms with Gasteiger partial charge in [0.15, 0.2) is 5.82 Å². The molecule has 14 heteroatoms. The third-order valence-corrected chi connectivity index (χ3v) is 7.00. The minimum absolute atomic E-state index is 0.0812. The number of anilines is 1. The summed E-state index contributed by atoms with van der Waals surface area (Å²) in [5.41, 5.74) is 5.61. The summed E-state index contributed by atoms with van der Waals surface area (Å²) in [6, 6.07) is 2.26. The lowest BCUT2D eigenvalue weighted by Crippen LogP contribution is -2.56. The van der Waals surface area contributed by atoms with Gasteiger partial charge in [-0.2, -0.15) is 18.3 Å². The Balaban J connectivity index is 1.43. The van der Waals surface area contributed by atoms with Crippen molar-refractivity contribution in [3.05, 3.63) is 41.5 Å². The van der Waals surface area contributed by atoms with Crippen molar-refractivity contribution in [2.75, 3.05) is 25.4 Å². The molecule has 0 saturated carbocycles. The molecule has 2 aliphatic rings. The highest BCUT2D eigenvalue weighted by Crippen LogP contribution is 2.35. The Kier molecular flexibility index (Phi) is 5.62. The summed E-state index contributed by atoms with van der Waals surface area (Å²) < 4.78 is 56.0. The van der Waals surface area contributed by atoms with E-state index in [0.717, 1.165) is 5.56 Å². The first kappa shape index (κ1) is 24.9. The van der Waals surface area contributed by atoms with Crippen LogP contribution in [0.1, 0.15) is 28.5 Å². The predicted molar refractivity (Wildman–Crippen MR) is 122 cm³/mol. The van der Waals surface area contributed by atoms with Crippen LogP contribution in [0.5, 0.6) is 0 Å². The summed E-state index contributed by atoms with van der Waals surface area (Å²) in [5.74, 6) is -1.92. The number of nitrogens with zero attached hydrogens (tertiary/aromatic N) is 6. The van der Waals surface area contributed by atoms with Crippen LogP contribution < -0.4 is 5.73 Å². The first-order valence-corrected chi connectivity index (χ1v) is 11.4. The van der Waals surface area contributed by atoms with E-state index in [9.17, 15) is 32.3 Å². The Morgan fingerprint density at radius 1 is 1.22 bits per heavy atom. The highest BCUT2D eigenvalue weighted by atomic mass is 19.4. The molecule has 1 unspecified atom stereocenters. The van der Waals surface area contributed by atoms with Gasteiger partial charge in [0.2, 0.25) is 5.60 Å². The van der Waals surface area contributed by atoms with E-state index in [0.29, 0.717) is 40.7 Å². The lowest BCUT2D eigenvalue weighted by Gasteiger charge is -2.34. The summed E-state index contributed by atoms with van der Waals surface area (Å²) in [6.45, 7) is 1.11. The predicted octanol–water partition coefficient (Wildman–Crippen LogP) is 1.54. The smallest absolute Gasteiger partial charge is 0.382 e. The summed E-state index contributed by atoms with van der Waals surface area (Å²) in [6.07, 6.45) is -3.83. The molecule has 3 N–H and O–H groups in total. The van der Waals surface area contributed by atoms with Crippen LogP contribution in [0, 0.1) is 6.92 Å². The number of rotatable bonds is 3. The number of nitrogens with two attached hydrogens (primary N) is 1. The number of nitrogen functional groups attached to an aromatic ring is 1. The van der Waals surface area contributed by atoms with Gasteiger partial charge in [-0.25, -0.2) is 13.9 Å². The van der Waals surface area contributed by atoms with Crippen molar-refractivity contribution >= 4 is 23.1 Å². The summed E-state index contributed by atoms with van der Waals surface area (Å²) in [5, 5.41) is 14.0. The van der Waals surface area contributed by atoms with Gasteiger partial charge in [0.05, 0.1) is 29.5 Å². The van der Waals surface area contributed by atoms with Crippen LogP contribution in [0.2, 0.25) is 0 Å². The number of aromatic nitrogens is 4. The number of aliphatic hydroxyl groups is 1. The second-order valence-electron chi connectivity index (χ2n) is 9.45. The first-order valence-electron chi connectivity index (χ1n) is 11.4. The SMILES string of the molecule is Cc1cc(-c2cnc3c(c2)C(=O)N([C@@H]2CN(C(=O)C(C)(O)C(F)(F)F)C[C@@H]2F)CC3)n2ncnc(N)c12. The number of carbonyl (C=O) groups is 2. The monoisotopic (exact) mass is 521 g/mol. The van der Waals surface area contributed by atoms with Crippen LogP contribution in [-0.2, 0) is 11.2 Å². The first-order chi connectivity index (χ1) is 17.3. The largest absolute Gasteiger partial charge is 0.426 e. The zero-order chi connectivity index (χ0) is 26.9. The molecule has 5 heterocycles. The molecule has 3 aromatic heterocycles. The molecular formula is C23H23F4N7O3. The number of alkyl halides is 4. The molecule has 2 aliphatic heterocycles. The number of hydrogen-bond acceptors (Lipinski definition) is 7. The van der Waals surface area contributed by atoms with E-state index in [2.05, 4.69) is 15.1 Å². The van der Waals surface area contributed by atoms with Crippen molar-refractivity contribution in [2.24, 2.45) is 0 Å². The van der Waals surface area contributed by atoms with Gasteiger partial charge in [0, 0.05) is 31.3 Å². The number of hydrogen-bond donors (Lipinski definition) is 2. The minimum atomic E-state index is -5.23. The number of pyridine rings is 1. The maximum atomic E-state index is 15.0. The molecule has 2 amide bonds. The van der Waals surface area contributed by atoms with E-state index in [1.807, 2.05) is 13.0 Å². The maximum absolute atomic E-state index is 15.0. The summed E-state index contributed by atoms with van der Waals surface area (Å²) >= 11 is 0. The highest BCUT2D eigenvalue weighted by molar-refractivity contribution is 5.98. The van der Waals surface area contributed by atoms with E-state index in [4.69, 9.17) is 5.73 Å². The average molecular weight is 521 g/mol. The molecule has 0 bridgehead atoms. The summed E-state index contributed by atoms with van der Waals surface area (Å²) in [7, 11) is 0. The molecule has 0 aromatic carbocycles. The number of carbonyl (C=O) groups excluding carboxylic acids is 2. The van der Waals surface area contributed by atoms with Gasteiger partial charge < -0.3 is 20.6 Å². The molecule has 0 spiro atoms. The molecule has 0 radical (unpaired) electrons. The molecule has 1 saturated heterocycles. The van der Waals surface area contributed by atoms with Gasteiger partial charge in [-0.05, 0) is 31.5 Å². The van der Waals surface area contributed by atoms with Gasteiger partial charge in [-0.15, -0.1) is 0 Å². The second kappa shape index (κ2) is 8.36. The fourth-order valence-electron chi connectivity index (χ4n) is 4.91. The highest BCUT2D eigenvalue weighted by Gasteiger charge is 2.58. The van der Waals surface area contributed by atoms with Crippen LogP contribution in [0.25, 0.3) is 16.8 Å². The number of amides is 2. The van der Waals surface area contributed by atoms with Crippen molar-refractivity contribution < 1.29 is 32.3 Å². The van der Waals surface area contributed by atoms with E-state index < -0.39 is 48.9 Å². The quantitative estimate of drug-likeness (QED) is 0.500. The number of likely N-dealkylation sites (tertiary alicyclic amines) is 1. The third-order valence-electron chi connectivity index (χ3n) is 7.00. The Morgan fingerprint density at radius 2 is 1.95 bits per heavy atom. The molecule has 1 fully saturated rings. The van der Waals surface area contributed by atoms with Crippen molar-refractivity contribution in [1.29, 1.82) is 0 Å². The molecule has 3 atom stereocenters. The lowest BCUT2D eigenvalue weighted by molar-refractivity contribution is -0.249. The van der Waals surface area contributed by atoms with Gasteiger partial charge in [-0.1, -0.05) is 0 Å². The van der Waals surface area contributed by atoms with E-state index in [-0.39, 0.29) is 17.9 Å². The maximum Gasteiger partial charge on any atom is 0.426 e. The molecule has 0 aliphatic carbocycles. The van der Waals surface area contributed by atoms with Gasteiger partial charge >= 0.3 is 6.18 Å². The van der Waals surface area contributed by atoms with Crippen molar-refractivity contribution in [1.82, 2.24) is 29.4 Å². The Labute approximate surface area is 207 Å². The third kappa shape index (κ3) is 3.86. The molecule has 37 heavy (non-hydrogen) atoms. The van der Waals surface area contributed by atoms with Gasteiger partial charge in [0.1, 0.15) is 18.0 Å².